The first-order valence-electron chi connectivity index (χ1n) is 9.96. The summed E-state index contributed by atoms with van der Waals surface area (Å²) in [6.07, 6.45) is -4.17. The van der Waals surface area contributed by atoms with Crippen LogP contribution in [0.3, 0.4) is 0 Å². The molecule has 2 saturated heterocycles. The Morgan fingerprint density at radius 3 is 2.60 bits per heavy atom. The van der Waals surface area contributed by atoms with Crippen molar-refractivity contribution in [3.8, 4) is 0 Å². The van der Waals surface area contributed by atoms with Crippen molar-refractivity contribution >= 4 is 23.3 Å². The summed E-state index contributed by atoms with van der Waals surface area (Å²) in [5, 5.41) is 5.37. The average Bonchev–Trinajstić information content (AvgIpc) is 2.62. The summed E-state index contributed by atoms with van der Waals surface area (Å²) in [6, 6.07) is 6.50. The van der Waals surface area contributed by atoms with Crippen LogP contribution in [0.5, 0.6) is 0 Å². The lowest BCUT2D eigenvalue weighted by Gasteiger charge is -2.49. The third-order valence-corrected chi connectivity index (χ3v) is 5.96. The molecule has 0 aromatic heterocycles. The zero-order valence-electron chi connectivity index (χ0n) is 17.2. The van der Waals surface area contributed by atoms with Crippen molar-refractivity contribution in [3.63, 3.8) is 0 Å². The van der Waals surface area contributed by atoms with E-state index in [9.17, 15) is 27.6 Å². The van der Waals surface area contributed by atoms with Gasteiger partial charge < -0.3 is 10.6 Å². The van der Waals surface area contributed by atoms with Crippen molar-refractivity contribution < 1.29 is 27.6 Å². The molecule has 2 fully saturated rings. The zero-order chi connectivity index (χ0) is 22.3. The van der Waals surface area contributed by atoms with Crippen LogP contribution < -0.4 is 10.6 Å². The number of para-hydroxylation sites is 1. The molecule has 0 saturated carbocycles. The highest BCUT2D eigenvalue weighted by Crippen LogP contribution is 2.38. The second kappa shape index (κ2) is 8.02. The molecule has 30 heavy (non-hydrogen) atoms. The number of halogens is 3. The van der Waals surface area contributed by atoms with Crippen LogP contribution in [0.2, 0.25) is 0 Å². The van der Waals surface area contributed by atoms with E-state index in [2.05, 4.69) is 10.6 Å². The van der Waals surface area contributed by atoms with Crippen molar-refractivity contribution in [2.45, 2.75) is 45.3 Å². The standard InChI is InChI=1S/C21H26F3N3O3/c1-12(2)13-6-4-5-7-14(13)25-18(29)16-17(28)20(3)10-27(11-21(22,23)24)9-8-15(20)26-19(16)30/h4-7,12,15-16H,8-11H2,1-3H3,(H,25,29)(H,26,30)/t15-,16?,20-/m1/s1. The van der Waals surface area contributed by atoms with Crippen LogP contribution in [0.25, 0.3) is 0 Å². The second-order valence-electron chi connectivity index (χ2n) is 8.62. The number of likely N-dealkylation sites (tertiary alicyclic amines) is 1. The first kappa shape index (κ1) is 22.3. The smallest absolute Gasteiger partial charge is 0.351 e. The molecular weight excluding hydrogens is 399 g/mol. The maximum absolute atomic E-state index is 13.2. The minimum absolute atomic E-state index is 0.105. The summed E-state index contributed by atoms with van der Waals surface area (Å²) in [6.45, 7) is 4.26. The van der Waals surface area contributed by atoms with E-state index in [1.807, 2.05) is 26.0 Å². The van der Waals surface area contributed by atoms with Gasteiger partial charge in [-0.1, -0.05) is 32.0 Å². The number of carbonyl (C=O) groups is 3. The first-order valence-corrected chi connectivity index (χ1v) is 9.96. The summed E-state index contributed by atoms with van der Waals surface area (Å²) in [7, 11) is 0. The predicted molar refractivity (Wildman–Crippen MR) is 105 cm³/mol. The minimum atomic E-state index is -4.39. The molecule has 0 radical (unpaired) electrons. The van der Waals surface area contributed by atoms with Crippen molar-refractivity contribution in [2.75, 3.05) is 25.0 Å². The Hall–Kier alpha value is -2.42. The minimum Gasteiger partial charge on any atom is -0.351 e. The number of Topliss-reactive ketones (excluding diaryl/α,β-unsaturated/α-hetero) is 1. The number of nitrogens with zero attached hydrogens (tertiary/aromatic N) is 1. The van der Waals surface area contributed by atoms with Gasteiger partial charge in [-0.05, 0) is 30.9 Å². The van der Waals surface area contributed by atoms with Gasteiger partial charge in [0.25, 0.3) is 0 Å². The molecule has 0 bridgehead atoms. The quantitative estimate of drug-likeness (QED) is 0.728. The Kier molecular flexibility index (Phi) is 5.95. The number of fused-ring (bicyclic) bond motifs is 1. The lowest BCUT2D eigenvalue weighted by Crippen LogP contribution is -2.68. The van der Waals surface area contributed by atoms with Gasteiger partial charge in [0.1, 0.15) is 0 Å². The molecule has 2 N–H and O–H groups in total. The number of hydrogen-bond donors (Lipinski definition) is 2. The number of nitrogens with one attached hydrogen (secondary N) is 2. The van der Waals surface area contributed by atoms with E-state index in [1.165, 1.54) is 6.92 Å². The maximum Gasteiger partial charge on any atom is 0.401 e. The van der Waals surface area contributed by atoms with Crippen LogP contribution in [0.15, 0.2) is 24.3 Å². The maximum atomic E-state index is 13.2. The van der Waals surface area contributed by atoms with Gasteiger partial charge in [-0.2, -0.15) is 13.2 Å². The molecule has 2 amide bonds. The molecule has 2 aliphatic rings. The van der Waals surface area contributed by atoms with E-state index in [4.69, 9.17) is 0 Å². The van der Waals surface area contributed by atoms with E-state index in [1.54, 1.807) is 12.1 Å². The molecule has 1 unspecified atom stereocenters. The molecule has 2 aliphatic heterocycles. The van der Waals surface area contributed by atoms with Crippen LogP contribution in [-0.4, -0.2) is 54.3 Å². The van der Waals surface area contributed by atoms with Gasteiger partial charge in [0, 0.05) is 24.8 Å². The van der Waals surface area contributed by atoms with Crippen LogP contribution in [0.4, 0.5) is 18.9 Å². The number of rotatable bonds is 4. The predicted octanol–water partition coefficient (Wildman–Crippen LogP) is 2.71. The number of amides is 2. The molecular formula is C21H26F3N3O3. The van der Waals surface area contributed by atoms with Crippen molar-refractivity contribution in [2.24, 2.45) is 11.3 Å². The largest absolute Gasteiger partial charge is 0.401 e. The van der Waals surface area contributed by atoms with E-state index in [-0.39, 0.29) is 25.4 Å². The summed E-state index contributed by atoms with van der Waals surface area (Å²) in [5.41, 5.74) is 0.0945. The number of hydrogen-bond acceptors (Lipinski definition) is 4. The highest BCUT2D eigenvalue weighted by atomic mass is 19.4. The summed E-state index contributed by atoms with van der Waals surface area (Å²) < 4.78 is 38.5. The first-order chi connectivity index (χ1) is 13.9. The molecule has 0 aliphatic carbocycles. The molecule has 9 heteroatoms. The van der Waals surface area contributed by atoms with Crippen LogP contribution in [-0.2, 0) is 14.4 Å². The lowest BCUT2D eigenvalue weighted by atomic mass is 9.67. The topological polar surface area (TPSA) is 78.5 Å². The second-order valence-corrected chi connectivity index (χ2v) is 8.62. The molecule has 1 aromatic carbocycles. The number of alkyl halides is 3. The molecule has 6 nitrogen and oxygen atoms in total. The fourth-order valence-corrected chi connectivity index (χ4v) is 4.41. The van der Waals surface area contributed by atoms with Crippen molar-refractivity contribution in [3.05, 3.63) is 29.8 Å². The zero-order valence-corrected chi connectivity index (χ0v) is 17.2. The summed E-state index contributed by atoms with van der Waals surface area (Å²) in [4.78, 5) is 39.9. The molecule has 164 valence electrons. The van der Waals surface area contributed by atoms with Gasteiger partial charge in [0.2, 0.25) is 11.8 Å². The molecule has 0 spiro atoms. The van der Waals surface area contributed by atoms with E-state index in [0.29, 0.717) is 5.69 Å². The summed E-state index contributed by atoms with van der Waals surface area (Å²) >= 11 is 0. The lowest BCUT2D eigenvalue weighted by molar-refractivity contribution is -0.166. The number of piperidine rings is 2. The Morgan fingerprint density at radius 2 is 1.97 bits per heavy atom. The van der Waals surface area contributed by atoms with Crippen molar-refractivity contribution in [1.82, 2.24) is 10.2 Å². The van der Waals surface area contributed by atoms with E-state index < -0.39 is 47.7 Å². The van der Waals surface area contributed by atoms with Crippen LogP contribution in [0.1, 0.15) is 38.7 Å². The fourth-order valence-electron chi connectivity index (χ4n) is 4.41. The molecule has 3 atom stereocenters. The summed E-state index contributed by atoms with van der Waals surface area (Å²) in [5.74, 6) is -3.60. The normalized spacial score (nSPS) is 27.6. The van der Waals surface area contributed by atoms with Gasteiger partial charge in [0.15, 0.2) is 11.7 Å². The van der Waals surface area contributed by atoms with E-state index >= 15 is 0 Å². The van der Waals surface area contributed by atoms with E-state index in [0.717, 1.165) is 10.5 Å². The Morgan fingerprint density at radius 1 is 1.30 bits per heavy atom. The van der Waals surface area contributed by atoms with Crippen LogP contribution in [0, 0.1) is 11.3 Å². The number of anilines is 1. The van der Waals surface area contributed by atoms with Gasteiger partial charge in [0.05, 0.1) is 12.0 Å². The van der Waals surface area contributed by atoms with Gasteiger partial charge in [-0.25, -0.2) is 0 Å². The Labute approximate surface area is 173 Å². The van der Waals surface area contributed by atoms with Gasteiger partial charge in [-0.3, -0.25) is 19.3 Å². The Bertz CT molecular complexity index is 855. The average molecular weight is 425 g/mol. The fraction of sp³-hybridized carbons (Fsp3) is 0.571. The third kappa shape index (κ3) is 4.35. The number of ketones is 1. The molecule has 3 rings (SSSR count). The molecule has 2 heterocycles. The highest BCUT2D eigenvalue weighted by molar-refractivity contribution is 6.24. The van der Waals surface area contributed by atoms with Crippen LogP contribution >= 0.6 is 0 Å². The van der Waals surface area contributed by atoms with Crippen molar-refractivity contribution in [1.29, 1.82) is 0 Å². The SMILES string of the molecule is CC(C)c1ccccc1NC(=O)C1C(=O)N[C@@H]2CCN(CC(F)(F)F)C[C@@]2(C)C1=O. The third-order valence-electron chi connectivity index (χ3n) is 5.96. The highest BCUT2D eigenvalue weighted by Gasteiger charge is 2.56. The van der Waals surface area contributed by atoms with Gasteiger partial charge >= 0.3 is 6.18 Å². The molecule has 1 aromatic rings. The Balaban J connectivity index is 1.82. The van der Waals surface area contributed by atoms with Gasteiger partial charge in [-0.15, -0.1) is 0 Å². The number of benzene rings is 1. The number of carbonyl (C=O) groups excluding carboxylic acids is 3. The monoisotopic (exact) mass is 425 g/mol.